The highest BCUT2D eigenvalue weighted by Crippen LogP contribution is 2.54. The van der Waals surface area contributed by atoms with E-state index in [1.54, 1.807) is 0 Å². The monoisotopic (exact) mass is 415 g/mol. The molecule has 0 saturated carbocycles. The molecule has 0 radical (unpaired) electrons. The second kappa shape index (κ2) is 5.97. The van der Waals surface area contributed by atoms with Crippen LogP contribution >= 0.6 is 7.14 Å². The number of nitrogens with one attached hydrogen (secondary N) is 1. The molecule has 0 amide bonds. The quantitative estimate of drug-likeness (QED) is 0.323. The molecule has 2 heterocycles. The van der Waals surface area contributed by atoms with Crippen LogP contribution in [-0.4, -0.2) is 4.98 Å². The molecule has 3 heteroatoms. The van der Waals surface area contributed by atoms with E-state index in [1.807, 2.05) is 42.5 Å². The Kier molecular flexibility index (Phi) is 3.29. The maximum absolute atomic E-state index is 15.2. The van der Waals surface area contributed by atoms with Gasteiger partial charge in [0.2, 0.25) is 0 Å². The third kappa shape index (κ3) is 2.15. The average Bonchev–Trinajstić information content (AvgIpc) is 3.31. The van der Waals surface area contributed by atoms with E-state index >= 15 is 4.57 Å². The van der Waals surface area contributed by atoms with E-state index in [0.717, 1.165) is 54.2 Å². The molecule has 1 aliphatic heterocycles. The number of hydrogen-bond donors (Lipinski definition) is 1. The van der Waals surface area contributed by atoms with Crippen LogP contribution in [0.5, 0.6) is 0 Å². The van der Waals surface area contributed by atoms with Gasteiger partial charge in [0.15, 0.2) is 7.14 Å². The van der Waals surface area contributed by atoms with Crippen LogP contribution in [0, 0.1) is 0 Å². The van der Waals surface area contributed by atoms with Crippen LogP contribution in [0.3, 0.4) is 0 Å². The van der Waals surface area contributed by atoms with Crippen molar-refractivity contribution in [3.63, 3.8) is 0 Å². The molecule has 0 fully saturated rings. The number of H-pyrrole nitrogens is 1. The largest absolute Gasteiger partial charge is 0.354 e. The number of rotatable bonds is 1. The van der Waals surface area contributed by atoms with Crippen LogP contribution in [-0.2, 0) is 4.57 Å². The van der Waals surface area contributed by atoms with Crippen LogP contribution in [0.15, 0.2) is 103 Å². The minimum absolute atomic E-state index is 0.927. The topological polar surface area (TPSA) is 32.9 Å². The first-order valence-corrected chi connectivity index (χ1v) is 12.2. The van der Waals surface area contributed by atoms with Crippen molar-refractivity contribution in [3.05, 3.63) is 103 Å². The molecular weight excluding hydrogens is 397 g/mol. The molecule has 1 unspecified atom stereocenters. The van der Waals surface area contributed by atoms with E-state index in [9.17, 15) is 0 Å². The standard InChI is InChI=1S/C28H18NOP/c30-31(26-15-7-9-18-8-1-2-10-19(18)26)27-14-6-4-12-21(27)23-16-25-22(17-28(23)31)20-11-3-5-13-24(20)29-25/h1-17,29H. The Bertz CT molecular complexity index is 1720. The van der Waals surface area contributed by atoms with Crippen molar-refractivity contribution in [1.29, 1.82) is 0 Å². The molecule has 0 aliphatic carbocycles. The van der Waals surface area contributed by atoms with Gasteiger partial charge >= 0.3 is 0 Å². The van der Waals surface area contributed by atoms with Crippen molar-refractivity contribution < 1.29 is 4.57 Å². The van der Waals surface area contributed by atoms with Gasteiger partial charge in [-0.2, -0.15) is 0 Å². The van der Waals surface area contributed by atoms with E-state index in [2.05, 4.69) is 65.6 Å². The van der Waals surface area contributed by atoms with Crippen molar-refractivity contribution in [2.75, 3.05) is 0 Å². The summed E-state index contributed by atoms with van der Waals surface area (Å²) in [6.07, 6.45) is 0. The Balaban J connectivity index is 1.66. The molecule has 0 saturated heterocycles. The van der Waals surface area contributed by atoms with E-state index < -0.39 is 7.14 Å². The lowest BCUT2D eigenvalue weighted by atomic mass is 10.0. The van der Waals surface area contributed by atoms with Gasteiger partial charge in [-0.15, -0.1) is 0 Å². The SMILES string of the molecule is O=P1(c2cccc3ccccc23)c2ccccc2-c2cc3[nH]c4ccccc4c3cc21. The highest BCUT2D eigenvalue weighted by molar-refractivity contribution is 7.86. The van der Waals surface area contributed by atoms with Gasteiger partial charge in [0.05, 0.1) is 0 Å². The first-order valence-electron chi connectivity index (χ1n) is 10.5. The van der Waals surface area contributed by atoms with Crippen molar-refractivity contribution >= 4 is 55.6 Å². The minimum atomic E-state index is -3.02. The fourth-order valence-corrected chi connectivity index (χ4v) is 8.49. The molecule has 0 spiro atoms. The third-order valence-corrected chi connectivity index (χ3v) is 9.79. The summed E-state index contributed by atoms with van der Waals surface area (Å²) in [5.41, 5.74) is 4.34. The van der Waals surface area contributed by atoms with E-state index in [-0.39, 0.29) is 0 Å². The van der Waals surface area contributed by atoms with E-state index in [0.29, 0.717) is 0 Å². The van der Waals surface area contributed by atoms with Gasteiger partial charge in [0.25, 0.3) is 0 Å². The normalized spacial score (nSPS) is 17.3. The van der Waals surface area contributed by atoms with Crippen LogP contribution in [0.4, 0.5) is 0 Å². The summed E-state index contributed by atoms with van der Waals surface area (Å²) in [6.45, 7) is 0. The Morgan fingerprint density at radius 1 is 0.516 bits per heavy atom. The summed E-state index contributed by atoms with van der Waals surface area (Å²) in [6, 6.07) is 35.3. The van der Waals surface area contributed by atoms with Gasteiger partial charge < -0.3 is 9.55 Å². The van der Waals surface area contributed by atoms with Crippen LogP contribution < -0.4 is 15.9 Å². The minimum Gasteiger partial charge on any atom is -0.354 e. The summed E-state index contributed by atoms with van der Waals surface area (Å²) < 4.78 is 15.2. The molecule has 5 aromatic carbocycles. The molecule has 1 aromatic heterocycles. The predicted octanol–water partition coefficient (Wildman–Crippen LogP) is 6.09. The Morgan fingerprint density at radius 2 is 1.23 bits per heavy atom. The Hall–Kier alpha value is -3.61. The van der Waals surface area contributed by atoms with Crippen LogP contribution in [0.1, 0.15) is 0 Å². The van der Waals surface area contributed by atoms with Gasteiger partial charge in [0, 0.05) is 37.7 Å². The number of aromatic nitrogens is 1. The fourth-order valence-electron chi connectivity index (χ4n) is 5.21. The molecule has 7 rings (SSSR count). The maximum Gasteiger partial charge on any atom is 0.172 e. The van der Waals surface area contributed by atoms with Gasteiger partial charge in [-0.3, -0.25) is 0 Å². The smallest absolute Gasteiger partial charge is 0.172 e. The van der Waals surface area contributed by atoms with Crippen LogP contribution in [0.25, 0.3) is 43.7 Å². The number of aromatic amines is 1. The summed E-state index contributed by atoms with van der Waals surface area (Å²) in [5, 5.41) is 7.30. The molecular formula is C28H18NOP. The lowest BCUT2D eigenvalue weighted by Crippen LogP contribution is -2.21. The van der Waals surface area contributed by atoms with Gasteiger partial charge in [-0.1, -0.05) is 84.9 Å². The van der Waals surface area contributed by atoms with Crippen molar-refractivity contribution in [2.45, 2.75) is 0 Å². The van der Waals surface area contributed by atoms with Gasteiger partial charge in [-0.25, -0.2) is 0 Å². The zero-order chi connectivity index (χ0) is 20.6. The average molecular weight is 415 g/mol. The number of hydrogen-bond acceptors (Lipinski definition) is 1. The lowest BCUT2D eigenvalue weighted by molar-refractivity contribution is 0.593. The fraction of sp³-hybridized carbons (Fsp3) is 0. The van der Waals surface area contributed by atoms with E-state index in [1.165, 1.54) is 5.39 Å². The summed E-state index contributed by atoms with van der Waals surface area (Å²) in [7, 11) is -3.02. The zero-order valence-corrected chi connectivity index (χ0v) is 17.6. The molecule has 1 atom stereocenters. The van der Waals surface area contributed by atoms with Gasteiger partial charge in [0.1, 0.15) is 0 Å². The highest BCUT2D eigenvalue weighted by Gasteiger charge is 2.41. The second-order valence-electron chi connectivity index (χ2n) is 8.21. The molecule has 146 valence electrons. The molecule has 2 nitrogen and oxygen atoms in total. The lowest BCUT2D eigenvalue weighted by Gasteiger charge is -2.18. The number of para-hydroxylation sites is 1. The Morgan fingerprint density at radius 3 is 2.16 bits per heavy atom. The van der Waals surface area contributed by atoms with Gasteiger partial charge in [-0.05, 0) is 40.1 Å². The summed E-state index contributed by atoms with van der Waals surface area (Å²) >= 11 is 0. The Labute approximate surface area is 179 Å². The second-order valence-corrected chi connectivity index (χ2v) is 10.9. The van der Waals surface area contributed by atoms with Crippen molar-refractivity contribution in [2.24, 2.45) is 0 Å². The van der Waals surface area contributed by atoms with Crippen molar-refractivity contribution in [3.8, 4) is 11.1 Å². The maximum atomic E-state index is 15.2. The predicted molar refractivity (Wildman–Crippen MR) is 132 cm³/mol. The zero-order valence-electron chi connectivity index (χ0n) is 16.7. The summed E-state index contributed by atoms with van der Waals surface area (Å²) in [4.78, 5) is 3.55. The number of benzene rings is 5. The molecule has 1 N–H and O–H groups in total. The molecule has 0 bridgehead atoms. The molecule has 1 aliphatic rings. The molecule has 31 heavy (non-hydrogen) atoms. The first-order chi connectivity index (χ1) is 15.2. The molecule has 6 aromatic rings. The third-order valence-electron chi connectivity index (χ3n) is 6.60. The van der Waals surface area contributed by atoms with E-state index in [4.69, 9.17) is 0 Å². The summed E-state index contributed by atoms with van der Waals surface area (Å²) in [5.74, 6) is 0. The highest BCUT2D eigenvalue weighted by atomic mass is 31.2. The van der Waals surface area contributed by atoms with Crippen molar-refractivity contribution in [1.82, 2.24) is 4.98 Å². The van der Waals surface area contributed by atoms with Crippen LogP contribution in [0.2, 0.25) is 0 Å². The first kappa shape index (κ1) is 17.1. The number of fused-ring (bicyclic) bond motifs is 7.